The van der Waals surface area contributed by atoms with E-state index in [1.165, 1.54) is 18.3 Å². The number of benzene rings is 1. The van der Waals surface area contributed by atoms with Crippen LogP contribution in [0.3, 0.4) is 0 Å². The second-order valence-corrected chi connectivity index (χ2v) is 6.65. The van der Waals surface area contributed by atoms with Gasteiger partial charge in [0.1, 0.15) is 5.69 Å². The van der Waals surface area contributed by atoms with Crippen LogP contribution in [-0.4, -0.2) is 27.1 Å². The summed E-state index contributed by atoms with van der Waals surface area (Å²) in [6, 6.07) is 14.2. The van der Waals surface area contributed by atoms with Gasteiger partial charge >= 0.3 is 11.9 Å². The van der Waals surface area contributed by atoms with Gasteiger partial charge in [-0.15, -0.1) is 10.2 Å². The third kappa shape index (κ3) is 4.73. The molecule has 0 fully saturated rings. The molecule has 2 heterocycles. The molecule has 0 amide bonds. The molecule has 0 N–H and O–H groups in total. The van der Waals surface area contributed by atoms with Gasteiger partial charge in [-0.3, -0.25) is 9.78 Å². The monoisotopic (exact) mass is 383 g/mol. The number of pyridine rings is 1. The molecular weight excluding hydrogens is 366 g/mol. The largest absolute Gasteiger partial charge is 0.452 e. The second-order valence-electron chi connectivity index (χ2n) is 5.64. The van der Waals surface area contributed by atoms with E-state index in [4.69, 9.17) is 9.47 Å². The van der Waals surface area contributed by atoms with E-state index in [9.17, 15) is 9.59 Å². The summed E-state index contributed by atoms with van der Waals surface area (Å²) in [6.07, 6.45) is -0.104. The van der Waals surface area contributed by atoms with E-state index in [-0.39, 0.29) is 0 Å². The van der Waals surface area contributed by atoms with Crippen LogP contribution in [-0.2, 0) is 19.1 Å². The molecule has 0 spiro atoms. The van der Waals surface area contributed by atoms with Gasteiger partial charge < -0.3 is 9.47 Å². The first-order valence-electron chi connectivity index (χ1n) is 8.22. The smallest absolute Gasteiger partial charge is 0.352 e. The minimum atomic E-state index is -1.13. The van der Waals surface area contributed by atoms with E-state index < -0.39 is 24.1 Å². The molecule has 0 saturated heterocycles. The van der Waals surface area contributed by atoms with Crippen molar-refractivity contribution in [2.75, 3.05) is 0 Å². The summed E-state index contributed by atoms with van der Waals surface area (Å²) in [5.41, 5.74) is 1.23. The van der Waals surface area contributed by atoms with Gasteiger partial charge in [0.2, 0.25) is 6.10 Å². The van der Waals surface area contributed by atoms with Crippen molar-refractivity contribution < 1.29 is 19.1 Å². The highest BCUT2D eigenvalue weighted by molar-refractivity contribution is 7.14. The van der Waals surface area contributed by atoms with E-state index in [1.807, 2.05) is 24.3 Å². The Balaban J connectivity index is 1.74. The lowest BCUT2D eigenvalue weighted by molar-refractivity contribution is -0.170. The fraction of sp³-hybridized carbons (Fsp3) is 0.211. The molecular formula is C19H17N3O4S. The van der Waals surface area contributed by atoms with Crippen LogP contribution in [0.25, 0.3) is 10.7 Å². The van der Waals surface area contributed by atoms with Crippen LogP contribution >= 0.6 is 11.3 Å². The maximum atomic E-state index is 12.6. The zero-order valence-corrected chi connectivity index (χ0v) is 15.6. The first kappa shape index (κ1) is 18.7. The Bertz CT molecular complexity index is 915. The molecule has 8 heteroatoms. The highest BCUT2D eigenvalue weighted by atomic mass is 32.1. The van der Waals surface area contributed by atoms with Gasteiger partial charge in [-0.1, -0.05) is 47.7 Å². The standard InChI is InChI=1S/C19H17N3O4S/c1-12(17-21-22-18(27-17)15-10-6-7-11-20-15)25-19(24)16(26-13(2)23)14-8-4-3-5-9-14/h3-12,16H,1-2H3/t12-,16-/m0/s1. The van der Waals surface area contributed by atoms with E-state index in [0.717, 1.165) is 0 Å². The Morgan fingerprint density at radius 2 is 1.74 bits per heavy atom. The number of esters is 2. The Morgan fingerprint density at radius 3 is 2.41 bits per heavy atom. The number of carbonyl (C=O) groups excluding carboxylic acids is 2. The molecule has 0 saturated carbocycles. The Hall–Kier alpha value is -3.13. The van der Waals surface area contributed by atoms with Gasteiger partial charge in [0.25, 0.3) is 0 Å². The first-order valence-corrected chi connectivity index (χ1v) is 9.03. The van der Waals surface area contributed by atoms with Gasteiger partial charge in [0.05, 0.1) is 0 Å². The van der Waals surface area contributed by atoms with Crippen molar-refractivity contribution in [1.29, 1.82) is 0 Å². The SMILES string of the molecule is CC(=O)O[C@H](C(=O)O[C@@H](C)c1nnc(-c2ccccn2)s1)c1ccccc1. The summed E-state index contributed by atoms with van der Waals surface area (Å²) in [7, 11) is 0. The van der Waals surface area contributed by atoms with Crippen LogP contribution in [0.2, 0.25) is 0 Å². The number of hydrogen-bond acceptors (Lipinski definition) is 8. The Kier molecular flexibility index (Phi) is 5.87. The molecule has 3 rings (SSSR count). The molecule has 138 valence electrons. The molecule has 0 aliphatic rings. The van der Waals surface area contributed by atoms with Crippen molar-refractivity contribution in [3.05, 3.63) is 65.3 Å². The summed E-state index contributed by atoms with van der Waals surface area (Å²) >= 11 is 1.29. The number of ether oxygens (including phenoxy) is 2. The van der Waals surface area contributed by atoms with Crippen LogP contribution in [0.1, 0.15) is 36.6 Å². The average Bonchev–Trinajstić information content (AvgIpc) is 3.18. The summed E-state index contributed by atoms with van der Waals surface area (Å²) in [4.78, 5) is 28.2. The highest BCUT2D eigenvalue weighted by Crippen LogP contribution is 2.29. The van der Waals surface area contributed by atoms with E-state index in [1.54, 1.807) is 37.4 Å². The predicted octanol–water partition coefficient (Wildman–Crippen LogP) is 3.51. The average molecular weight is 383 g/mol. The number of hydrogen-bond donors (Lipinski definition) is 0. The van der Waals surface area contributed by atoms with Crippen LogP contribution in [0, 0.1) is 0 Å². The Labute approximate surface area is 160 Å². The zero-order chi connectivity index (χ0) is 19.2. The molecule has 2 atom stereocenters. The summed E-state index contributed by atoms with van der Waals surface area (Å²) < 4.78 is 10.6. The lowest BCUT2D eigenvalue weighted by atomic mass is 10.1. The lowest BCUT2D eigenvalue weighted by Gasteiger charge is -2.18. The van der Waals surface area contributed by atoms with Crippen molar-refractivity contribution in [3.8, 4) is 10.7 Å². The van der Waals surface area contributed by atoms with Crippen molar-refractivity contribution in [2.45, 2.75) is 26.1 Å². The predicted molar refractivity (Wildman–Crippen MR) is 98.6 cm³/mol. The molecule has 27 heavy (non-hydrogen) atoms. The van der Waals surface area contributed by atoms with Crippen molar-refractivity contribution in [1.82, 2.24) is 15.2 Å². The summed E-state index contributed by atoms with van der Waals surface area (Å²) in [6.45, 7) is 2.94. The van der Waals surface area contributed by atoms with Crippen LogP contribution < -0.4 is 0 Å². The van der Waals surface area contributed by atoms with E-state index >= 15 is 0 Å². The molecule has 0 unspecified atom stereocenters. The van der Waals surface area contributed by atoms with Crippen molar-refractivity contribution in [3.63, 3.8) is 0 Å². The molecule has 7 nitrogen and oxygen atoms in total. The fourth-order valence-electron chi connectivity index (χ4n) is 2.32. The van der Waals surface area contributed by atoms with Gasteiger partial charge in [0.15, 0.2) is 16.1 Å². The molecule has 0 bridgehead atoms. The topological polar surface area (TPSA) is 91.3 Å². The van der Waals surface area contributed by atoms with E-state index in [0.29, 0.717) is 21.3 Å². The Morgan fingerprint density at radius 1 is 1.00 bits per heavy atom. The second kappa shape index (κ2) is 8.50. The lowest BCUT2D eigenvalue weighted by Crippen LogP contribution is -2.22. The van der Waals surface area contributed by atoms with Crippen LogP contribution in [0.5, 0.6) is 0 Å². The molecule has 0 radical (unpaired) electrons. The van der Waals surface area contributed by atoms with E-state index in [2.05, 4.69) is 15.2 Å². The molecule has 1 aromatic carbocycles. The van der Waals surface area contributed by atoms with Gasteiger partial charge in [0, 0.05) is 18.7 Å². The van der Waals surface area contributed by atoms with Gasteiger partial charge in [-0.05, 0) is 19.1 Å². The van der Waals surface area contributed by atoms with Crippen molar-refractivity contribution >= 4 is 23.3 Å². The van der Waals surface area contributed by atoms with Gasteiger partial charge in [-0.25, -0.2) is 4.79 Å². The number of nitrogens with zero attached hydrogens (tertiary/aromatic N) is 3. The molecule has 0 aliphatic carbocycles. The molecule has 0 aliphatic heterocycles. The normalized spacial score (nSPS) is 12.8. The van der Waals surface area contributed by atoms with Gasteiger partial charge in [-0.2, -0.15) is 0 Å². The minimum absolute atomic E-state index is 0.527. The molecule has 3 aromatic rings. The number of carbonyl (C=O) groups is 2. The maximum Gasteiger partial charge on any atom is 0.352 e. The third-order valence-electron chi connectivity index (χ3n) is 3.57. The minimum Gasteiger partial charge on any atom is -0.452 e. The summed E-state index contributed by atoms with van der Waals surface area (Å²) in [5.74, 6) is -1.24. The zero-order valence-electron chi connectivity index (χ0n) is 14.7. The molecule has 2 aromatic heterocycles. The summed E-state index contributed by atoms with van der Waals surface area (Å²) in [5, 5.41) is 9.34. The first-order chi connectivity index (χ1) is 13.0. The fourth-order valence-corrected chi connectivity index (χ4v) is 3.12. The third-order valence-corrected chi connectivity index (χ3v) is 4.67. The quantitative estimate of drug-likeness (QED) is 0.602. The number of aromatic nitrogens is 3. The van der Waals surface area contributed by atoms with Crippen LogP contribution in [0.15, 0.2) is 54.7 Å². The highest BCUT2D eigenvalue weighted by Gasteiger charge is 2.28. The number of rotatable bonds is 6. The maximum absolute atomic E-state index is 12.6. The van der Waals surface area contributed by atoms with Crippen LogP contribution in [0.4, 0.5) is 0 Å². The van der Waals surface area contributed by atoms with Crippen molar-refractivity contribution in [2.24, 2.45) is 0 Å².